The Kier molecular flexibility index (Phi) is 2.67. The van der Waals surface area contributed by atoms with Gasteiger partial charge in [-0.2, -0.15) is 0 Å². The van der Waals surface area contributed by atoms with Crippen LogP contribution in [0.25, 0.3) is 0 Å². The monoisotopic (exact) mass is 214 g/mol. The van der Waals surface area contributed by atoms with Gasteiger partial charge in [0.1, 0.15) is 6.04 Å². The van der Waals surface area contributed by atoms with Crippen LogP contribution in [0.2, 0.25) is 0 Å². The zero-order valence-corrected chi connectivity index (χ0v) is 8.97. The number of carbonyl (C=O) groups excluding carboxylic acids is 2. The van der Waals surface area contributed by atoms with Crippen LogP contribution in [-0.2, 0) is 9.59 Å². The zero-order chi connectivity index (χ0) is 10.1. The third kappa shape index (κ3) is 1.73. The van der Waals surface area contributed by atoms with E-state index in [-0.39, 0.29) is 17.9 Å². The highest BCUT2D eigenvalue weighted by Gasteiger charge is 2.34. The number of hydrogen-bond acceptors (Lipinski definition) is 3. The normalized spacial score (nSPS) is 32.1. The molecule has 0 aromatic heterocycles. The molecule has 5 heteroatoms. The molecule has 2 atom stereocenters. The summed E-state index contributed by atoms with van der Waals surface area (Å²) in [6.07, 6.45) is 1.15. The highest BCUT2D eigenvalue weighted by atomic mass is 32.2. The van der Waals surface area contributed by atoms with E-state index in [2.05, 4.69) is 12.2 Å². The van der Waals surface area contributed by atoms with Gasteiger partial charge in [-0.25, -0.2) is 0 Å². The Bertz CT molecular complexity index is 270. The van der Waals surface area contributed by atoms with Crippen LogP contribution in [0.4, 0.5) is 0 Å². The Morgan fingerprint density at radius 1 is 1.64 bits per heavy atom. The van der Waals surface area contributed by atoms with Crippen molar-refractivity contribution >= 4 is 23.6 Å². The molecule has 0 saturated carbocycles. The fourth-order valence-corrected chi connectivity index (χ4v) is 3.02. The molecule has 0 spiro atoms. The van der Waals surface area contributed by atoms with Crippen LogP contribution < -0.4 is 5.32 Å². The van der Waals surface area contributed by atoms with Crippen molar-refractivity contribution in [2.45, 2.75) is 31.8 Å². The third-order valence-corrected chi connectivity index (χ3v) is 3.88. The molecule has 78 valence electrons. The van der Waals surface area contributed by atoms with Gasteiger partial charge >= 0.3 is 0 Å². The first-order chi connectivity index (χ1) is 6.68. The van der Waals surface area contributed by atoms with Crippen LogP contribution in [0.5, 0.6) is 0 Å². The second-order valence-electron chi connectivity index (χ2n) is 3.82. The lowest BCUT2D eigenvalue weighted by molar-refractivity contribution is -0.134. The lowest BCUT2D eigenvalue weighted by Gasteiger charge is -2.23. The fourth-order valence-electron chi connectivity index (χ4n) is 1.82. The van der Waals surface area contributed by atoms with E-state index >= 15 is 0 Å². The summed E-state index contributed by atoms with van der Waals surface area (Å²) in [7, 11) is 0. The number of amides is 2. The second-order valence-corrected chi connectivity index (χ2v) is 4.82. The van der Waals surface area contributed by atoms with E-state index in [4.69, 9.17) is 0 Å². The summed E-state index contributed by atoms with van der Waals surface area (Å²) >= 11 is 1.77. The number of rotatable bonds is 1. The maximum Gasteiger partial charge on any atom is 0.246 e. The van der Waals surface area contributed by atoms with Crippen molar-refractivity contribution in [3.63, 3.8) is 0 Å². The lowest BCUT2D eigenvalue weighted by Crippen LogP contribution is -2.46. The number of carbonyl (C=O) groups is 2. The van der Waals surface area contributed by atoms with Gasteiger partial charge in [0.25, 0.3) is 0 Å². The van der Waals surface area contributed by atoms with Crippen LogP contribution >= 0.6 is 11.8 Å². The molecule has 2 aliphatic heterocycles. The predicted molar refractivity (Wildman–Crippen MR) is 54.8 cm³/mol. The summed E-state index contributed by atoms with van der Waals surface area (Å²) in [4.78, 5) is 24.7. The Hall–Kier alpha value is -0.710. The lowest BCUT2D eigenvalue weighted by atomic mass is 10.2. The maximum absolute atomic E-state index is 11.9. The predicted octanol–water partition coefficient (Wildman–Crippen LogP) is 0.186. The summed E-state index contributed by atoms with van der Waals surface area (Å²) < 4.78 is 0. The van der Waals surface area contributed by atoms with Crippen LogP contribution in [0.15, 0.2) is 0 Å². The number of nitrogens with zero attached hydrogens (tertiary/aromatic N) is 1. The Morgan fingerprint density at radius 2 is 2.43 bits per heavy atom. The molecule has 2 fully saturated rings. The highest BCUT2D eigenvalue weighted by molar-refractivity contribution is 7.99. The molecule has 2 heterocycles. The molecule has 2 aliphatic rings. The third-order valence-electron chi connectivity index (χ3n) is 2.70. The van der Waals surface area contributed by atoms with Crippen molar-refractivity contribution in [1.82, 2.24) is 10.2 Å². The Labute approximate surface area is 87.4 Å². The van der Waals surface area contributed by atoms with Gasteiger partial charge in [-0.15, -0.1) is 11.8 Å². The summed E-state index contributed by atoms with van der Waals surface area (Å²) in [6.45, 7) is 2.05. The van der Waals surface area contributed by atoms with Gasteiger partial charge in [0.2, 0.25) is 11.8 Å². The molecule has 0 aromatic rings. The molecule has 0 unspecified atom stereocenters. The molecule has 14 heavy (non-hydrogen) atoms. The molecular weight excluding hydrogens is 200 g/mol. The van der Waals surface area contributed by atoms with Crippen LogP contribution in [-0.4, -0.2) is 40.4 Å². The van der Waals surface area contributed by atoms with Gasteiger partial charge in [0, 0.05) is 18.2 Å². The van der Waals surface area contributed by atoms with Crippen molar-refractivity contribution in [1.29, 1.82) is 0 Å². The number of nitrogens with one attached hydrogen (secondary N) is 1. The average molecular weight is 214 g/mol. The molecule has 0 radical (unpaired) electrons. The van der Waals surface area contributed by atoms with Gasteiger partial charge in [-0.1, -0.05) is 0 Å². The van der Waals surface area contributed by atoms with E-state index in [0.717, 1.165) is 11.6 Å². The van der Waals surface area contributed by atoms with Crippen LogP contribution in [0.1, 0.15) is 19.8 Å². The molecule has 2 rings (SSSR count). The number of hydrogen-bond donors (Lipinski definition) is 1. The second kappa shape index (κ2) is 3.81. The first-order valence-corrected chi connectivity index (χ1v) is 6.01. The number of thioether (sulfide) groups is 1. The smallest absolute Gasteiger partial charge is 0.246 e. The quantitative estimate of drug-likeness (QED) is 0.677. The van der Waals surface area contributed by atoms with E-state index in [0.29, 0.717) is 18.9 Å². The van der Waals surface area contributed by atoms with Gasteiger partial charge in [-0.05, 0) is 13.3 Å². The average Bonchev–Trinajstić information content (AvgIpc) is 2.73. The van der Waals surface area contributed by atoms with Gasteiger partial charge < -0.3 is 10.2 Å². The zero-order valence-electron chi connectivity index (χ0n) is 8.16. The molecule has 2 saturated heterocycles. The van der Waals surface area contributed by atoms with Crippen molar-refractivity contribution in [2.24, 2.45) is 0 Å². The van der Waals surface area contributed by atoms with E-state index in [1.54, 1.807) is 11.8 Å². The van der Waals surface area contributed by atoms with Crippen molar-refractivity contribution in [2.75, 3.05) is 11.6 Å². The molecule has 2 amide bonds. The van der Waals surface area contributed by atoms with Gasteiger partial charge in [-0.3, -0.25) is 9.59 Å². The molecular formula is C9H14N2O2S. The minimum atomic E-state index is -0.261. The van der Waals surface area contributed by atoms with Gasteiger partial charge in [0.05, 0.1) is 5.88 Å². The Morgan fingerprint density at radius 3 is 2.93 bits per heavy atom. The molecule has 0 bridgehead atoms. The molecule has 4 nitrogen and oxygen atoms in total. The van der Waals surface area contributed by atoms with E-state index in [1.165, 1.54) is 0 Å². The van der Waals surface area contributed by atoms with Crippen LogP contribution in [0, 0.1) is 0 Å². The summed E-state index contributed by atoms with van der Waals surface area (Å²) in [5.74, 6) is 1.87. The first-order valence-electron chi connectivity index (χ1n) is 4.86. The summed E-state index contributed by atoms with van der Waals surface area (Å²) in [5.41, 5.74) is 0. The minimum absolute atomic E-state index is 0.00264. The summed E-state index contributed by atoms with van der Waals surface area (Å²) in [6, 6.07) is 0.0497. The van der Waals surface area contributed by atoms with Gasteiger partial charge in [0.15, 0.2) is 0 Å². The van der Waals surface area contributed by atoms with Crippen LogP contribution in [0.3, 0.4) is 0 Å². The van der Waals surface area contributed by atoms with Crippen molar-refractivity contribution in [3.8, 4) is 0 Å². The molecule has 0 aromatic carbocycles. The minimum Gasteiger partial charge on any atom is -0.344 e. The van der Waals surface area contributed by atoms with E-state index in [9.17, 15) is 9.59 Å². The maximum atomic E-state index is 11.9. The summed E-state index contributed by atoms with van der Waals surface area (Å²) in [5, 5.41) is 2.71. The topological polar surface area (TPSA) is 49.4 Å². The standard InChI is InChI=1S/C9H14N2O2S/c1-6-4-14-5-11(6)9(13)7-2-3-8(12)10-7/h6-7H,2-5H2,1H3,(H,10,12)/t6-,7-/m0/s1. The Balaban J connectivity index is 1.97. The SMILES string of the molecule is C[C@H]1CSCN1C(=O)[C@@H]1CCC(=O)N1. The first kappa shape index (κ1) is 9.83. The highest BCUT2D eigenvalue weighted by Crippen LogP contribution is 2.22. The van der Waals surface area contributed by atoms with E-state index in [1.807, 2.05) is 4.90 Å². The van der Waals surface area contributed by atoms with Crippen molar-refractivity contribution < 1.29 is 9.59 Å². The largest absolute Gasteiger partial charge is 0.344 e. The van der Waals surface area contributed by atoms with Crippen molar-refractivity contribution in [3.05, 3.63) is 0 Å². The molecule has 0 aliphatic carbocycles. The molecule has 1 N–H and O–H groups in total. The fraction of sp³-hybridized carbons (Fsp3) is 0.778. The van der Waals surface area contributed by atoms with E-state index < -0.39 is 0 Å².